The quantitative estimate of drug-likeness (QED) is 0.669. The van der Waals surface area contributed by atoms with Crippen molar-refractivity contribution in [2.75, 3.05) is 19.7 Å². The summed E-state index contributed by atoms with van der Waals surface area (Å²) < 4.78 is 0. The number of nitrogens with zero attached hydrogens (tertiary/aromatic N) is 1. The summed E-state index contributed by atoms with van der Waals surface area (Å²) in [6.45, 7) is 2.13. The second kappa shape index (κ2) is 8.97. The summed E-state index contributed by atoms with van der Waals surface area (Å²) in [5.74, 6) is -1.06. The molecule has 0 aliphatic carbocycles. The fourth-order valence-electron chi connectivity index (χ4n) is 1.92. The van der Waals surface area contributed by atoms with Gasteiger partial charge in [0.15, 0.2) is 0 Å². The maximum absolute atomic E-state index is 12.1. The van der Waals surface area contributed by atoms with Crippen molar-refractivity contribution in [2.24, 2.45) is 0 Å². The minimum absolute atomic E-state index is 0.161. The number of urea groups is 1. The molecule has 0 bridgehead atoms. The molecule has 0 spiro atoms. The average Bonchev–Trinajstić information content (AvgIpc) is 2.49. The van der Waals surface area contributed by atoms with E-state index in [4.69, 9.17) is 10.2 Å². The second-order valence-corrected chi connectivity index (χ2v) is 4.69. The zero-order chi connectivity index (χ0) is 15.7. The Labute approximate surface area is 124 Å². The minimum Gasteiger partial charge on any atom is -0.480 e. The average molecular weight is 294 g/mol. The standard InChI is InChI=1S/C15H22N2O4/c1-2-13(14(19)20)16-15(21)17(10-11-18)9-8-12-6-4-3-5-7-12/h3-7,13,18H,2,8-11H2,1H3,(H,16,21)(H,19,20)/t13-/m0/s1. The van der Waals surface area contributed by atoms with Gasteiger partial charge in [-0.2, -0.15) is 0 Å². The van der Waals surface area contributed by atoms with E-state index in [2.05, 4.69) is 5.32 Å². The Morgan fingerprint density at radius 2 is 1.90 bits per heavy atom. The van der Waals surface area contributed by atoms with Crippen LogP contribution in [-0.4, -0.2) is 52.9 Å². The topological polar surface area (TPSA) is 89.9 Å². The molecular formula is C15H22N2O4. The normalized spacial score (nSPS) is 11.7. The zero-order valence-electron chi connectivity index (χ0n) is 12.2. The molecule has 0 saturated carbocycles. The Hall–Kier alpha value is -2.08. The van der Waals surface area contributed by atoms with E-state index < -0.39 is 18.0 Å². The van der Waals surface area contributed by atoms with Gasteiger partial charge in [-0.3, -0.25) is 0 Å². The Kier molecular flexibility index (Phi) is 7.25. The molecule has 3 N–H and O–H groups in total. The second-order valence-electron chi connectivity index (χ2n) is 4.69. The van der Waals surface area contributed by atoms with Crippen LogP contribution in [0.25, 0.3) is 0 Å². The number of carbonyl (C=O) groups is 2. The molecule has 0 unspecified atom stereocenters. The first kappa shape index (κ1) is 17.0. The van der Waals surface area contributed by atoms with Gasteiger partial charge in [0.2, 0.25) is 0 Å². The number of amides is 2. The van der Waals surface area contributed by atoms with E-state index in [1.807, 2.05) is 30.3 Å². The van der Waals surface area contributed by atoms with Crippen LogP contribution in [0.1, 0.15) is 18.9 Å². The smallest absolute Gasteiger partial charge is 0.326 e. The summed E-state index contributed by atoms with van der Waals surface area (Å²) in [5.41, 5.74) is 1.08. The molecule has 1 aromatic carbocycles. The molecule has 0 aliphatic heterocycles. The van der Waals surface area contributed by atoms with Crippen molar-refractivity contribution in [1.82, 2.24) is 10.2 Å². The lowest BCUT2D eigenvalue weighted by atomic mass is 10.1. The molecule has 0 aromatic heterocycles. The van der Waals surface area contributed by atoms with Crippen molar-refractivity contribution < 1.29 is 19.8 Å². The molecule has 116 valence electrons. The number of hydrogen-bond donors (Lipinski definition) is 3. The molecule has 1 rings (SSSR count). The molecule has 0 heterocycles. The first-order valence-electron chi connectivity index (χ1n) is 7.01. The monoisotopic (exact) mass is 294 g/mol. The van der Waals surface area contributed by atoms with Gasteiger partial charge in [0, 0.05) is 13.1 Å². The van der Waals surface area contributed by atoms with E-state index >= 15 is 0 Å². The predicted molar refractivity (Wildman–Crippen MR) is 79.1 cm³/mol. The highest BCUT2D eigenvalue weighted by atomic mass is 16.4. The maximum atomic E-state index is 12.1. The number of hydrogen-bond acceptors (Lipinski definition) is 3. The van der Waals surface area contributed by atoms with Gasteiger partial charge in [-0.15, -0.1) is 0 Å². The van der Waals surface area contributed by atoms with E-state index in [-0.39, 0.29) is 13.2 Å². The summed E-state index contributed by atoms with van der Waals surface area (Å²) in [5, 5.41) is 20.5. The van der Waals surface area contributed by atoms with Gasteiger partial charge >= 0.3 is 12.0 Å². The van der Waals surface area contributed by atoms with Crippen LogP contribution < -0.4 is 5.32 Å². The van der Waals surface area contributed by atoms with Crippen LogP contribution in [-0.2, 0) is 11.2 Å². The Bertz CT molecular complexity index is 450. The van der Waals surface area contributed by atoms with Crippen LogP contribution >= 0.6 is 0 Å². The summed E-state index contributed by atoms with van der Waals surface area (Å²) in [7, 11) is 0. The summed E-state index contributed by atoms with van der Waals surface area (Å²) >= 11 is 0. The van der Waals surface area contributed by atoms with Crippen LogP contribution in [0.2, 0.25) is 0 Å². The highest BCUT2D eigenvalue weighted by Gasteiger charge is 2.21. The molecule has 0 radical (unpaired) electrons. The maximum Gasteiger partial charge on any atom is 0.326 e. The Balaban J connectivity index is 2.59. The third kappa shape index (κ3) is 5.83. The fraction of sp³-hybridized carbons (Fsp3) is 0.467. The number of aliphatic carboxylic acids is 1. The molecule has 21 heavy (non-hydrogen) atoms. The van der Waals surface area contributed by atoms with Crippen molar-refractivity contribution in [3.8, 4) is 0 Å². The number of benzene rings is 1. The third-order valence-electron chi connectivity index (χ3n) is 3.17. The van der Waals surface area contributed by atoms with E-state index in [9.17, 15) is 9.59 Å². The van der Waals surface area contributed by atoms with Gasteiger partial charge < -0.3 is 20.4 Å². The highest BCUT2D eigenvalue weighted by Crippen LogP contribution is 2.02. The Morgan fingerprint density at radius 3 is 2.43 bits per heavy atom. The number of carboxylic acids is 1. The molecule has 0 aliphatic rings. The number of aliphatic hydroxyl groups excluding tert-OH is 1. The lowest BCUT2D eigenvalue weighted by Gasteiger charge is -2.24. The van der Waals surface area contributed by atoms with Crippen molar-refractivity contribution in [3.63, 3.8) is 0 Å². The fourth-order valence-corrected chi connectivity index (χ4v) is 1.92. The van der Waals surface area contributed by atoms with Crippen molar-refractivity contribution in [1.29, 1.82) is 0 Å². The molecular weight excluding hydrogens is 272 g/mol. The number of aliphatic hydroxyl groups is 1. The highest BCUT2D eigenvalue weighted by molar-refractivity contribution is 5.82. The van der Waals surface area contributed by atoms with E-state index in [1.54, 1.807) is 6.92 Å². The first-order chi connectivity index (χ1) is 10.1. The number of carboxylic acid groups (broad SMARTS) is 1. The molecule has 1 aromatic rings. The SMILES string of the molecule is CC[C@H](NC(=O)N(CCO)CCc1ccccc1)C(=O)O. The Morgan fingerprint density at radius 1 is 1.24 bits per heavy atom. The predicted octanol–water partition coefficient (Wildman–Crippen LogP) is 1.10. The molecule has 0 fully saturated rings. The van der Waals surface area contributed by atoms with Crippen molar-refractivity contribution in [2.45, 2.75) is 25.8 Å². The van der Waals surface area contributed by atoms with Crippen LogP contribution in [0.15, 0.2) is 30.3 Å². The molecule has 6 nitrogen and oxygen atoms in total. The van der Waals surface area contributed by atoms with Gasteiger partial charge in [-0.05, 0) is 18.4 Å². The van der Waals surface area contributed by atoms with Gasteiger partial charge in [-0.1, -0.05) is 37.3 Å². The van der Waals surface area contributed by atoms with Crippen LogP contribution in [0.5, 0.6) is 0 Å². The van der Waals surface area contributed by atoms with Crippen LogP contribution in [0.3, 0.4) is 0 Å². The largest absolute Gasteiger partial charge is 0.480 e. The molecule has 2 amide bonds. The third-order valence-corrected chi connectivity index (χ3v) is 3.17. The molecule has 6 heteroatoms. The van der Waals surface area contributed by atoms with E-state index in [0.717, 1.165) is 5.56 Å². The first-order valence-corrected chi connectivity index (χ1v) is 7.01. The molecule has 0 saturated heterocycles. The number of nitrogens with one attached hydrogen (secondary N) is 1. The summed E-state index contributed by atoms with van der Waals surface area (Å²) in [6.07, 6.45) is 0.963. The van der Waals surface area contributed by atoms with E-state index in [1.165, 1.54) is 4.90 Å². The van der Waals surface area contributed by atoms with E-state index in [0.29, 0.717) is 19.4 Å². The van der Waals surface area contributed by atoms with Gasteiger partial charge in [0.25, 0.3) is 0 Å². The lowest BCUT2D eigenvalue weighted by Crippen LogP contribution is -2.49. The number of carbonyl (C=O) groups excluding carboxylic acids is 1. The molecule has 1 atom stereocenters. The van der Waals surface area contributed by atoms with Crippen LogP contribution in [0.4, 0.5) is 4.79 Å². The van der Waals surface area contributed by atoms with Crippen molar-refractivity contribution >= 4 is 12.0 Å². The van der Waals surface area contributed by atoms with Crippen LogP contribution in [0, 0.1) is 0 Å². The zero-order valence-corrected chi connectivity index (χ0v) is 12.2. The minimum atomic E-state index is -1.06. The van der Waals surface area contributed by atoms with Gasteiger partial charge in [0.1, 0.15) is 6.04 Å². The number of rotatable bonds is 8. The lowest BCUT2D eigenvalue weighted by molar-refractivity contribution is -0.139. The van der Waals surface area contributed by atoms with Gasteiger partial charge in [-0.25, -0.2) is 9.59 Å². The van der Waals surface area contributed by atoms with Crippen molar-refractivity contribution in [3.05, 3.63) is 35.9 Å². The summed E-state index contributed by atoms with van der Waals surface area (Å²) in [6, 6.07) is 8.31. The van der Waals surface area contributed by atoms with Gasteiger partial charge in [0.05, 0.1) is 6.61 Å². The summed E-state index contributed by atoms with van der Waals surface area (Å²) in [4.78, 5) is 24.4.